The van der Waals surface area contributed by atoms with Crippen molar-refractivity contribution in [3.8, 4) is 0 Å². The predicted molar refractivity (Wildman–Crippen MR) is 44.8 cm³/mol. The van der Waals surface area contributed by atoms with Crippen molar-refractivity contribution in [3.63, 3.8) is 0 Å². The molecule has 1 unspecified atom stereocenters. The topological polar surface area (TPSA) is 59.7 Å². The molecule has 1 aromatic heterocycles. The molecule has 1 N–H and O–H groups in total. The molecule has 1 aromatic rings. The molecule has 0 aromatic carbocycles. The highest BCUT2D eigenvalue weighted by Gasteiger charge is 2.20. The van der Waals surface area contributed by atoms with Crippen LogP contribution in [0.1, 0.15) is 11.9 Å². The van der Waals surface area contributed by atoms with Gasteiger partial charge in [0.1, 0.15) is 11.9 Å². The van der Waals surface area contributed by atoms with E-state index in [1.165, 1.54) is 13.4 Å². The molecule has 0 amide bonds. The lowest BCUT2D eigenvalue weighted by molar-refractivity contribution is -0.137. The number of carbonyl (C=O) groups is 1. The minimum absolute atomic E-state index is 0.0440. The van der Waals surface area contributed by atoms with Gasteiger partial charge in [0.2, 0.25) is 0 Å². The van der Waals surface area contributed by atoms with Gasteiger partial charge in [-0.1, -0.05) is 6.58 Å². The SMILES string of the molecule is C=C(C(=O)OC)C(O)c1ccco1. The van der Waals surface area contributed by atoms with Crippen LogP contribution in [-0.2, 0) is 9.53 Å². The fourth-order valence-corrected chi connectivity index (χ4v) is 0.861. The molecule has 0 spiro atoms. The standard InChI is InChI=1S/C9H10O4/c1-6(9(11)12-2)8(10)7-4-3-5-13-7/h3-5,8,10H,1H2,2H3. The first-order chi connectivity index (χ1) is 6.16. The van der Waals surface area contributed by atoms with Crippen LogP contribution in [0.3, 0.4) is 0 Å². The van der Waals surface area contributed by atoms with E-state index < -0.39 is 12.1 Å². The van der Waals surface area contributed by atoms with Crippen LogP contribution >= 0.6 is 0 Å². The Balaban J connectivity index is 2.74. The normalized spacial score (nSPS) is 12.2. The van der Waals surface area contributed by atoms with Gasteiger partial charge in [-0.05, 0) is 12.1 Å². The van der Waals surface area contributed by atoms with E-state index in [9.17, 15) is 9.90 Å². The van der Waals surface area contributed by atoms with Gasteiger partial charge in [0, 0.05) is 0 Å². The monoisotopic (exact) mass is 182 g/mol. The molecule has 0 aliphatic heterocycles. The molecular weight excluding hydrogens is 172 g/mol. The zero-order chi connectivity index (χ0) is 9.84. The molecule has 4 nitrogen and oxygen atoms in total. The lowest BCUT2D eigenvalue weighted by Gasteiger charge is -2.08. The molecule has 0 radical (unpaired) electrons. The van der Waals surface area contributed by atoms with Gasteiger partial charge in [-0.25, -0.2) is 4.79 Å². The van der Waals surface area contributed by atoms with Crippen LogP contribution in [0.5, 0.6) is 0 Å². The third-order valence-corrected chi connectivity index (χ3v) is 1.59. The summed E-state index contributed by atoms with van der Waals surface area (Å²) in [5.41, 5.74) is -0.0440. The molecule has 1 rings (SSSR count). The number of hydrogen-bond acceptors (Lipinski definition) is 4. The largest absolute Gasteiger partial charge is 0.466 e. The number of hydrogen-bond donors (Lipinski definition) is 1. The summed E-state index contributed by atoms with van der Waals surface area (Å²) < 4.78 is 9.28. The maximum Gasteiger partial charge on any atom is 0.336 e. The van der Waals surface area contributed by atoms with Crippen molar-refractivity contribution in [3.05, 3.63) is 36.3 Å². The lowest BCUT2D eigenvalue weighted by atomic mass is 10.1. The Morgan fingerprint density at radius 3 is 2.92 bits per heavy atom. The van der Waals surface area contributed by atoms with Crippen molar-refractivity contribution in [2.45, 2.75) is 6.10 Å². The van der Waals surface area contributed by atoms with E-state index in [1.807, 2.05) is 0 Å². The van der Waals surface area contributed by atoms with Gasteiger partial charge in [0.05, 0.1) is 18.9 Å². The van der Waals surface area contributed by atoms with E-state index in [0.29, 0.717) is 0 Å². The fraction of sp³-hybridized carbons (Fsp3) is 0.222. The Bertz CT molecular complexity index is 299. The minimum atomic E-state index is -1.14. The third kappa shape index (κ3) is 1.97. The van der Waals surface area contributed by atoms with Gasteiger partial charge >= 0.3 is 5.97 Å². The highest BCUT2D eigenvalue weighted by Crippen LogP contribution is 2.20. The summed E-state index contributed by atoms with van der Waals surface area (Å²) in [7, 11) is 1.22. The Kier molecular flexibility index (Phi) is 2.87. The number of aliphatic hydroxyl groups excluding tert-OH is 1. The number of esters is 1. The average molecular weight is 182 g/mol. The number of ether oxygens (including phenoxy) is 1. The second-order valence-corrected chi connectivity index (χ2v) is 2.43. The van der Waals surface area contributed by atoms with Crippen LogP contribution in [0.2, 0.25) is 0 Å². The Hall–Kier alpha value is -1.55. The summed E-state index contributed by atoms with van der Waals surface area (Å²) in [6.45, 7) is 3.40. The molecule has 1 atom stereocenters. The quantitative estimate of drug-likeness (QED) is 0.560. The van der Waals surface area contributed by atoms with Crippen LogP contribution in [0.15, 0.2) is 35.0 Å². The van der Waals surface area contributed by atoms with Gasteiger partial charge in [-0.2, -0.15) is 0 Å². The second kappa shape index (κ2) is 3.91. The first kappa shape index (κ1) is 9.54. The second-order valence-electron chi connectivity index (χ2n) is 2.43. The maximum atomic E-state index is 10.9. The average Bonchev–Trinajstić information content (AvgIpc) is 2.67. The summed E-state index contributed by atoms with van der Waals surface area (Å²) in [6.07, 6.45) is 0.269. The number of carbonyl (C=O) groups excluding carboxylic acids is 1. The minimum Gasteiger partial charge on any atom is -0.466 e. The van der Waals surface area contributed by atoms with Crippen molar-refractivity contribution in [2.24, 2.45) is 0 Å². The van der Waals surface area contributed by atoms with Crippen LogP contribution in [0, 0.1) is 0 Å². The van der Waals surface area contributed by atoms with E-state index in [0.717, 1.165) is 0 Å². The molecule has 13 heavy (non-hydrogen) atoms. The van der Waals surface area contributed by atoms with E-state index >= 15 is 0 Å². The molecule has 0 fully saturated rings. The van der Waals surface area contributed by atoms with Crippen LogP contribution in [0.4, 0.5) is 0 Å². The van der Waals surface area contributed by atoms with Crippen LogP contribution in [0.25, 0.3) is 0 Å². The third-order valence-electron chi connectivity index (χ3n) is 1.59. The Morgan fingerprint density at radius 2 is 2.46 bits per heavy atom. The van der Waals surface area contributed by atoms with Crippen LogP contribution < -0.4 is 0 Å². The van der Waals surface area contributed by atoms with E-state index in [1.54, 1.807) is 12.1 Å². The first-order valence-electron chi connectivity index (χ1n) is 3.65. The molecule has 0 aliphatic carbocycles. The summed E-state index contributed by atoms with van der Waals surface area (Å²) in [4.78, 5) is 10.9. The number of rotatable bonds is 3. The predicted octanol–water partition coefficient (Wildman–Crippen LogP) is 1.04. The number of furan rings is 1. The lowest BCUT2D eigenvalue weighted by Crippen LogP contribution is -2.11. The van der Waals surface area contributed by atoms with Gasteiger partial charge < -0.3 is 14.3 Å². The molecule has 0 saturated carbocycles. The molecule has 0 saturated heterocycles. The number of aliphatic hydroxyl groups is 1. The molecule has 4 heteroatoms. The molecule has 0 aliphatic rings. The van der Waals surface area contributed by atoms with Gasteiger partial charge in [-0.3, -0.25) is 0 Å². The number of methoxy groups -OCH3 is 1. The maximum absolute atomic E-state index is 10.9. The fourth-order valence-electron chi connectivity index (χ4n) is 0.861. The van der Waals surface area contributed by atoms with Gasteiger partial charge in [0.15, 0.2) is 0 Å². The summed E-state index contributed by atoms with van der Waals surface area (Å²) in [5.74, 6) is -0.376. The van der Waals surface area contributed by atoms with Crippen molar-refractivity contribution in [2.75, 3.05) is 7.11 Å². The van der Waals surface area contributed by atoms with E-state index in [4.69, 9.17) is 4.42 Å². The van der Waals surface area contributed by atoms with E-state index in [-0.39, 0.29) is 11.3 Å². The molecule has 70 valence electrons. The van der Waals surface area contributed by atoms with Gasteiger partial charge in [-0.15, -0.1) is 0 Å². The first-order valence-corrected chi connectivity index (χ1v) is 3.65. The zero-order valence-corrected chi connectivity index (χ0v) is 7.19. The zero-order valence-electron chi connectivity index (χ0n) is 7.19. The van der Waals surface area contributed by atoms with Crippen molar-refractivity contribution in [1.82, 2.24) is 0 Å². The van der Waals surface area contributed by atoms with Crippen molar-refractivity contribution >= 4 is 5.97 Å². The van der Waals surface area contributed by atoms with Crippen molar-refractivity contribution < 1.29 is 19.1 Å². The molecular formula is C9H10O4. The highest BCUT2D eigenvalue weighted by molar-refractivity contribution is 5.88. The van der Waals surface area contributed by atoms with E-state index in [2.05, 4.69) is 11.3 Å². The smallest absolute Gasteiger partial charge is 0.336 e. The highest BCUT2D eigenvalue weighted by atomic mass is 16.5. The Morgan fingerprint density at radius 1 is 1.77 bits per heavy atom. The molecule has 0 bridgehead atoms. The summed E-state index contributed by atoms with van der Waals surface area (Å²) >= 11 is 0. The Labute approximate surface area is 75.4 Å². The van der Waals surface area contributed by atoms with Crippen molar-refractivity contribution in [1.29, 1.82) is 0 Å². The summed E-state index contributed by atoms with van der Waals surface area (Å²) in [6, 6.07) is 3.17. The molecule has 1 heterocycles. The summed E-state index contributed by atoms with van der Waals surface area (Å²) in [5, 5.41) is 9.49. The van der Waals surface area contributed by atoms with Gasteiger partial charge in [0.25, 0.3) is 0 Å². The van der Waals surface area contributed by atoms with Crippen LogP contribution in [-0.4, -0.2) is 18.2 Å².